The minimum Gasteiger partial charge on any atom is -0.492 e. The summed E-state index contributed by atoms with van der Waals surface area (Å²) in [7, 11) is 0. The summed E-state index contributed by atoms with van der Waals surface area (Å²) in [6.45, 7) is 2.68. The standard InChI is InChI=1S/C12H14N4O3/c1-2-3-4-13-10-8(12(18)19)5-7-9(15-10)6-14-16-11(7)17/h5-6H,2-4H2,1H3,(H,13,15)(H,16,17)(H,18,19). The molecule has 7 nitrogen and oxygen atoms in total. The Kier molecular flexibility index (Phi) is 3.74. The van der Waals surface area contributed by atoms with Crippen molar-refractivity contribution in [2.24, 2.45) is 0 Å². The summed E-state index contributed by atoms with van der Waals surface area (Å²) in [5.74, 6) is -1.15. The third kappa shape index (κ3) is 2.70. The Morgan fingerprint density at radius 3 is 2.95 bits per heavy atom. The molecule has 0 aromatic carbocycles. The molecule has 0 amide bonds. The van der Waals surface area contributed by atoms with Crippen molar-refractivity contribution in [1.29, 1.82) is 0 Å². The van der Waals surface area contributed by atoms with E-state index in [4.69, 9.17) is 0 Å². The first-order valence-electron chi connectivity index (χ1n) is 5.96. The third-order valence-corrected chi connectivity index (χ3v) is 2.68. The monoisotopic (exact) mass is 262 g/mol. The molecule has 3 N–H and O–H groups in total. The van der Waals surface area contributed by atoms with Crippen molar-refractivity contribution in [2.45, 2.75) is 19.8 Å². The number of aromatic hydroxyl groups is 1. The molecule has 0 fully saturated rings. The van der Waals surface area contributed by atoms with Crippen LogP contribution in [0.5, 0.6) is 5.88 Å². The lowest BCUT2D eigenvalue weighted by Gasteiger charge is -2.09. The molecule has 19 heavy (non-hydrogen) atoms. The number of anilines is 1. The van der Waals surface area contributed by atoms with Crippen LogP contribution in [0.25, 0.3) is 10.9 Å². The number of aromatic carboxylic acids is 1. The predicted octanol–water partition coefficient (Wildman–Crippen LogP) is 1.64. The normalized spacial score (nSPS) is 10.6. The minimum atomic E-state index is -1.11. The summed E-state index contributed by atoms with van der Waals surface area (Å²) >= 11 is 0. The van der Waals surface area contributed by atoms with Crippen molar-refractivity contribution in [3.05, 3.63) is 17.8 Å². The Balaban J connectivity index is 2.48. The highest BCUT2D eigenvalue weighted by Crippen LogP contribution is 2.24. The summed E-state index contributed by atoms with van der Waals surface area (Å²) in [5.41, 5.74) is 0.406. The summed E-state index contributed by atoms with van der Waals surface area (Å²) < 4.78 is 0. The molecule has 0 saturated heterocycles. The average Bonchev–Trinajstić information content (AvgIpc) is 2.38. The van der Waals surface area contributed by atoms with Crippen LogP contribution in [-0.4, -0.2) is 37.9 Å². The van der Waals surface area contributed by atoms with Crippen molar-refractivity contribution >= 4 is 22.7 Å². The van der Waals surface area contributed by atoms with E-state index < -0.39 is 5.97 Å². The number of carbonyl (C=O) groups is 1. The molecule has 7 heteroatoms. The molecule has 0 atom stereocenters. The number of fused-ring (bicyclic) bond motifs is 1. The molecule has 0 spiro atoms. The number of pyridine rings is 1. The Bertz CT molecular complexity index is 615. The fraction of sp³-hybridized carbons (Fsp3) is 0.333. The van der Waals surface area contributed by atoms with Gasteiger partial charge >= 0.3 is 5.97 Å². The number of hydrogen-bond acceptors (Lipinski definition) is 6. The molecule has 0 aliphatic carbocycles. The smallest absolute Gasteiger partial charge is 0.339 e. The van der Waals surface area contributed by atoms with E-state index >= 15 is 0 Å². The van der Waals surface area contributed by atoms with Gasteiger partial charge in [0, 0.05) is 6.54 Å². The predicted molar refractivity (Wildman–Crippen MR) is 69.4 cm³/mol. The van der Waals surface area contributed by atoms with Crippen LogP contribution in [0.3, 0.4) is 0 Å². The van der Waals surface area contributed by atoms with Crippen molar-refractivity contribution < 1.29 is 15.0 Å². The molecule has 0 aliphatic rings. The molecule has 2 rings (SSSR count). The lowest BCUT2D eigenvalue weighted by Crippen LogP contribution is -2.10. The quantitative estimate of drug-likeness (QED) is 0.703. The molecule has 100 valence electrons. The zero-order chi connectivity index (χ0) is 13.8. The van der Waals surface area contributed by atoms with Crippen LogP contribution in [0.2, 0.25) is 0 Å². The number of hydrogen-bond donors (Lipinski definition) is 3. The van der Waals surface area contributed by atoms with Crippen LogP contribution in [0, 0.1) is 0 Å². The fourth-order valence-corrected chi connectivity index (χ4v) is 1.68. The first kappa shape index (κ1) is 13.0. The lowest BCUT2D eigenvalue weighted by atomic mass is 10.2. The maximum atomic E-state index is 11.2. The summed E-state index contributed by atoms with van der Waals surface area (Å²) in [6.07, 6.45) is 3.29. The zero-order valence-corrected chi connectivity index (χ0v) is 10.4. The average molecular weight is 262 g/mol. The highest BCUT2D eigenvalue weighted by Gasteiger charge is 2.15. The molecular formula is C12H14N4O3. The second-order valence-electron chi connectivity index (χ2n) is 4.07. The second-order valence-corrected chi connectivity index (χ2v) is 4.07. The van der Waals surface area contributed by atoms with E-state index in [9.17, 15) is 15.0 Å². The summed E-state index contributed by atoms with van der Waals surface area (Å²) in [4.78, 5) is 15.4. The van der Waals surface area contributed by atoms with E-state index in [1.807, 2.05) is 6.92 Å². The SMILES string of the molecule is CCCCNc1nc2cnnc(O)c2cc1C(=O)O. The Hall–Kier alpha value is -2.44. The fourth-order valence-electron chi connectivity index (χ4n) is 1.68. The van der Waals surface area contributed by atoms with Crippen molar-refractivity contribution in [2.75, 3.05) is 11.9 Å². The van der Waals surface area contributed by atoms with Gasteiger partial charge in [-0.1, -0.05) is 13.3 Å². The van der Waals surface area contributed by atoms with E-state index in [1.165, 1.54) is 12.3 Å². The van der Waals surface area contributed by atoms with Crippen LogP contribution in [0.15, 0.2) is 12.3 Å². The van der Waals surface area contributed by atoms with Gasteiger partial charge in [0.25, 0.3) is 0 Å². The molecule has 2 aromatic rings. The van der Waals surface area contributed by atoms with Crippen molar-refractivity contribution in [1.82, 2.24) is 15.2 Å². The first-order valence-corrected chi connectivity index (χ1v) is 5.96. The number of unbranched alkanes of at least 4 members (excludes halogenated alkanes) is 1. The largest absolute Gasteiger partial charge is 0.492 e. The first-order chi connectivity index (χ1) is 9.13. The van der Waals surface area contributed by atoms with Gasteiger partial charge in [-0.05, 0) is 12.5 Å². The van der Waals surface area contributed by atoms with Gasteiger partial charge in [0.15, 0.2) is 0 Å². The van der Waals surface area contributed by atoms with Gasteiger partial charge in [-0.15, -0.1) is 5.10 Å². The molecule has 2 aromatic heterocycles. The molecule has 2 heterocycles. The highest BCUT2D eigenvalue weighted by molar-refractivity contribution is 5.98. The van der Waals surface area contributed by atoms with Crippen LogP contribution in [0.1, 0.15) is 30.1 Å². The lowest BCUT2D eigenvalue weighted by molar-refractivity contribution is 0.0698. The molecule has 0 saturated carbocycles. The van der Waals surface area contributed by atoms with Crippen molar-refractivity contribution in [3.8, 4) is 5.88 Å². The van der Waals surface area contributed by atoms with Gasteiger partial charge < -0.3 is 15.5 Å². The van der Waals surface area contributed by atoms with Gasteiger partial charge in [-0.3, -0.25) is 0 Å². The van der Waals surface area contributed by atoms with E-state index in [0.29, 0.717) is 12.1 Å². The van der Waals surface area contributed by atoms with Gasteiger partial charge in [0.05, 0.1) is 17.1 Å². The topological polar surface area (TPSA) is 108 Å². The van der Waals surface area contributed by atoms with E-state index in [2.05, 4.69) is 20.5 Å². The van der Waals surface area contributed by atoms with E-state index in [-0.39, 0.29) is 22.6 Å². The van der Waals surface area contributed by atoms with E-state index in [1.54, 1.807) is 0 Å². The third-order valence-electron chi connectivity index (χ3n) is 2.68. The van der Waals surface area contributed by atoms with Crippen LogP contribution < -0.4 is 5.32 Å². The van der Waals surface area contributed by atoms with Gasteiger partial charge in [-0.2, -0.15) is 5.10 Å². The number of carboxylic acids is 1. The Morgan fingerprint density at radius 2 is 2.26 bits per heavy atom. The molecule has 0 radical (unpaired) electrons. The number of aromatic nitrogens is 3. The van der Waals surface area contributed by atoms with Gasteiger partial charge in [0.2, 0.25) is 5.88 Å². The second kappa shape index (κ2) is 5.47. The summed E-state index contributed by atoms with van der Waals surface area (Å²) in [6, 6.07) is 1.35. The minimum absolute atomic E-state index is 0.00639. The molecular weight excluding hydrogens is 248 g/mol. The van der Waals surface area contributed by atoms with Gasteiger partial charge in [-0.25, -0.2) is 9.78 Å². The molecule has 0 unspecified atom stereocenters. The number of nitrogens with zero attached hydrogens (tertiary/aromatic N) is 3. The maximum absolute atomic E-state index is 11.2. The van der Waals surface area contributed by atoms with Crippen LogP contribution >= 0.6 is 0 Å². The van der Waals surface area contributed by atoms with Crippen LogP contribution in [-0.2, 0) is 0 Å². The summed E-state index contributed by atoms with van der Waals surface area (Å²) in [5, 5.41) is 29.0. The Labute approximate surface area is 109 Å². The van der Waals surface area contributed by atoms with Crippen LogP contribution in [0.4, 0.5) is 5.82 Å². The number of nitrogens with one attached hydrogen (secondary N) is 1. The van der Waals surface area contributed by atoms with Gasteiger partial charge in [0.1, 0.15) is 11.4 Å². The van der Waals surface area contributed by atoms with E-state index in [0.717, 1.165) is 12.8 Å². The molecule has 0 aliphatic heterocycles. The number of rotatable bonds is 5. The van der Waals surface area contributed by atoms with Crippen molar-refractivity contribution in [3.63, 3.8) is 0 Å². The Morgan fingerprint density at radius 1 is 1.47 bits per heavy atom. The maximum Gasteiger partial charge on any atom is 0.339 e. The molecule has 0 bridgehead atoms. The highest BCUT2D eigenvalue weighted by atomic mass is 16.4. The number of carboxylic acid groups (broad SMARTS) is 1. The zero-order valence-electron chi connectivity index (χ0n) is 10.4.